The lowest BCUT2D eigenvalue weighted by Gasteiger charge is -2.27. The van der Waals surface area contributed by atoms with Gasteiger partial charge in [-0.2, -0.15) is 0 Å². The minimum absolute atomic E-state index is 0.0456. The van der Waals surface area contributed by atoms with Gasteiger partial charge >= 0.3 is 0 Å². The highest BCUT2D eigenvalue weighted by atomic mass is 127. The first-order chi connectivity index (χ1) is 13.0. The van der Waals surface area contributed by atoms with Crippen LogP contribution in [0.5, 0.6) is 0 Å². The molecular weight excluding hydrogens is 477 g/mol. The lowest BCUT2D eigenvalue weighted by Crippen LogP contribution is -2.40. The van der Waals surface area contributed by atoms with E-state index in [0.717, 1.165) is 3.57 Å². The molecule has 1 aliphatic heterocycles. The number of thiocarbonyl (C=S) groups is 1. The van der Waals surface area contributed by atoms with Gasteiger partial charge in [0.1, 0.15) is 0 Å². The van der Waals surface area contributed by atoms with Gasteiger partial charge in [-0.05, 0) is 65.1 Å². The van der Waals surface area contributed by atoms with Crippen molar-refractivity contribution in [1.82, 2.24) is 10.2 Å². The van der Waals surface area contributed by atoms with Crippen LogP contribution in [0, 0.1) is 3.57 Å². The molecule has 0 atom stereocenters. The second-order valence-electron chi connectivity index (χ2n) is 5.87. The minimum Gasteiger partial charge on any atom is -0.378 e. The number of morpholine rings is 1. The molecule has 0 bridgehead atoms. The van der Waals surface area contributed by atoms with Crippen molar-refractivity contribution in [3.05, 3.63) is 63.2 Å². The predicted molar refractivity (Wildman–Crippen MR) is 116 cm³/mol. The summed E-state index contributed by atoms with van der Waals surface area (Å²) in [5.74, 6) is -0.325. The Morgan fingerprint density at radius 2 is 1.81 bits per heavy atom. The molecule has 2 N–H and O–H groups in total. The number of anilines is 1. The number of nitrogens with zero attached hydrogens (tertiary/aromatic N) is 1. The Kier molecular flexibility index (Phi) is 6.75. The van der Waals surface area contributed by atoms with E-state index in [1.165, 1.54) is 0 Å². The zero-order chi connectivity index (χ0) is 19.2. The van der Waals surface area contributed by atoms with E-state index in [0.29, 0.717) is 43.1 Å². The highest BCUT2D eigenvalue weighted by Gasteiger charge is 2.19. The van der Waals surface area contributed by atoms with E-state index < -0.39 is 0 Å². The van der Waals surface area contributed by atoms with Crippen LogP contribution in [-0.4, -0.2) is 48.1 Å². The van der Waals surface area contributed by atoms with Crippen molar-refractivity contribution >= 4 is 57.4 Å². The average molecular weight is 495 g/mol. The molecule has 2 aromatic rings. The molecule has 0 radical (unpaired) electrons. The molecule has 27 heavy (non-hydrogen) atoms. The average Bonchev–Trinajstić information content (AvgIpc) is 2.68. The van der Waals surface area contributed by atoms with E-state index in [1.807, 2.05) is 12.1 Å². The smallest absolute Gasteiger partial charge is 0.258 e. The number of hydrogen-bond acceptors (Lipinski definition) is 4. The molecular formula is C19H18IN3O3S. The summed E-state index contributed by atoms with van der Waals surface area (Å²) < 4.78 is 6.12. The Morgan fingerprint density at radius 3 is 2.56 bits per heavy atom. The second-order valence-corrected chi connectivity index (χ2v) is 7.44. The van der Waals surface area contributed by atoms with Crippen molar-refractivity contribution in [2.75, 3.05) is 31.6 Å². The van der Waals surface area contributed by atoms with Crippen LogP contribution in [-0.2, 0) is 4.74 Å². The van der Waals surface area contributed by atoms with Gasteiger partial charge in [0, 0.05) is 27.9 Å². The fraction of sp³-hybridized carbons (Fsp3) is 0.211. The Labute approximate surface area is 176 Å². The van der Waals surface area contributed by atoms with Gasteiger partial charge in [-0.25, -0.2) is 0 Å². The molecule has 6 nitrogen and oxygen atoms in total. The first kappa shape index (κ1) is 19.7. The van der Waals surface area contributed by atoms with Crippen LogP contribution in [0.25, 0.3) is 0 Å². The van der Waals surface area contributed by atoms with Gasteiger partial charge in [0.15, 0.2) is 5.11 Å². The lowest BCUT2D eigenvalue weighted by atomic mass is 10.1. The maximum absolute atomic E-state index is 12.6. The molecule has 0 spiro atoms. The Morgan fingerprint density at radius 1 is 1.07 bits per heavy atom. The lowest BCUT2D eigenvalue weighted by molar-refractivity contribution is 0.0303. The van der Waals surface area contributed by atoms with Crippen LogP contribution in [0.2, 0.25) is 0 Å². The number of amides is 2. The van der Waals surface area contributed by atoms with Crippen LogP contribution in [0.15, 0.2) is 48.5 Å². The molecule has 2 amide bonds. The Bertz CT molecular complexity index is 869. The van der Waals surface area contributed by atoms with Crippen molar-refractivity contribution < 1.29 is 14.3 Å². The van der Waals surface area contributed by atoms with Crippen LogP contribution in [0.3, 0.4) is 0 Å². The summed E-state index contributed by atoms with van der Waals surface area (Å²) in [4.78, 5) is 26.7. The standard InChI is InChI=1S/C19H18IN3O3S/c20-16-7-2-1-6-15(16)17(24)22-19(27)21-14-5-3-4-13(12-14)18(25)23-8-10-26-11-9-23/h1-7,12H,8-11H2,(H2,21,22,24,27). The molecule has 0 saturated carbocycles. The topological polar surface area (TPSA) is 70.7 Å². The fourth-order valence-corrected chi connectivity index (χ4v) is 3.50. The molecule has 1 heterocycles. The number of carbonyl (C=O) groups excluding carboxylic acids is 2. The number of halogens is 1. The van der Waals surface area contributed by atoms with Gasteiger partial charge in [0.2, 0.25) is 0 Å². The van der Waals surface area contributed by atoms with Crippen molar-refractivity contribution in [2.45, 2.75) is 0 Å². The Hall–Kier alpha value is -2.04. The first-order valence-corrected chi connectivity index (χ1v) is 9.87. The van der Waals surface area contributed by atoms with Gasteiger partial charge in [-0.15, -0.1) is 0 Å². The van der Waals surface area contributed by atoms with Gasteiger partial charge in [0.05, 0.1) is 18.8 Å². The molecule has 1 aliphatic rings. The summed E-state index contributed by atoms with van der Waals surface area (Å²) in [6, 6.07) is 14.3. The van der Waals surface area contributed by atoms with E-state index in [1.54, 1.807) is 41.3 Å². The highest BCUT2D eigenvalue weighted by Crippen LogP contribution is 2.15. The van der Waals surface area contributed by atoms with E-state index in [9.17, 15) is 9.59 Å². The zero-order valence-corrected chi connectivity index (χ0v) is 17.4. The first-order valence-electron chi connectivity index (χ1n) is 8.38. The summed E-state index contributed by atoms with van der Waals surface area (Å²) in [6.07, 6.45) is 0. The third-order valence-corrected chi connectivity index (χ3v) is 5.16. The predicted octanol–water partition coefficient (Wildman–Crippen LogP) is 2.89. The monoisotopic (exact) mass is 495 g/mol. The van der Waals surface area contributed by atoms with Crippen LogP contribution >= 0.6 is 34.8 Å². The molecule has 140 valence electrons. The van der Waals surface area contributed by atoms with E-state index >= 15 is 0 Å². The molecule has 0 unspecified atom stereocenters. The molecule has 8 heteroatoms. The second kappa shape index (κ2) is 9.25. The van der Waals surface area contributed by atoms with Gasteiger partial charge in [0.25, 0.3) is 11.8 Å². The number of benzene rings is 2. The summed E-state index contributed by atoms with van der Waals surface area (Å²) in [5, 5.41) is 5.80. The maximum Gasteiger partial charge on any atom is 0.258 e. The fourth-order valence-electron chi connectivity index (χ4n) is 2.66. The SMILES string of the molecule is O=C(NC(=S)Nc1cccc(C(=O)N2CCOCC2)c1)c1ccccc1I. The Balaban J connectivity index is 1.63. The number of ether oxygens (including phenoxy) is 1. The maximum atomic E-state index is 12.6. The van der Waals surface area contributed by atoms with Crippen molar-refractivity contribution in [2.24, 2.45) is 0 Å². The van der Waals surface area contributed by atoms with Gasteiger partial charge in [-0.1, -0.05) is 18.2 Å². The van der Waals surface area contributed by atoms with Crippen LogP contribution in [0.1, 0.15) is 20.7 Å². The molecule has 1 saturated heterocycles. The highest BCUT2D eigenvalue weighted by molar-refractivity contribution is 14.1. The summed E-state index contributed by atoms with van der Waals surface area (Å²) in [5.41, 5.74) is 1.76. The van der Waals surface area contributed by atoms with Crippen LogP contribution < -0.4 is 10.6 Å². The summed E-state index contributed by atoms with van der Waals surface area (Å²) >= 11 is 7.34. The summed E-state index contributed by atoms with van der Waals surface area (Å²) in [7, 11) is 0. The quantitative estimate of drug-likeness (QED) is 0.507. The van der Waals surface area contributed by atoms with E-state index in [4.69, 9.17) is 17.0 Å². The van der Waals surface area contributed by atoms with Crippen molar-refractivity contribution in [3.63, 3.8) is 0 Å². The molecule has 0 aliphatic carbocycles. The van der Waals surface area contributed by atoms with E-state index in [-0.39, 0.29) is 16.9 Å². The zero-order valence-electron chi connectivity index (χ0n) is 14.4. The molecule has 0 aromatic heterocycles. The number of rotatable bonds is 3. The molecule has 1 fully saturated rings. The minimum atomic E-state index is -0.280. The third kappa shape index (κ3) is 5.24. The van der Waals surface area contributed by atoms with Crippen molar-refractivity contribution in [1.29, 1.82) is 0 Å². The van der Waals surface area contributed by atoms with Crippen LogP contribution in [0.4, 0.5) is 5.69 Å². The molecule has 3 rings (SSSR count). The third-order valence-electron chi connectivity index (χ3n) is 4.01. The normalized spacial score (nSPS) is 13.7. The van der Waals surface area contributed by atoms with E-state index in [2.05, 4.69) is 33.2 Å². The number of carbonyl (C=O) groups is 2. The number of nitrogens with one attached hydrogen (secondary N) is 2. The largest absolute Gasteiger partial charge is 0.378 e. The number of hydrogen-bond donors (Lipinski definition) is 2. The van der Waals surface area contributed by atoms with Crippen molar-refractivity contribution in [3.8, 4) is 0 Å². The molecule has 2 aromatic carbocycles. The van der Waals surface area contributed by atoms with Gasteiger partial charge in [-0.3, -0.25) is 14.9 Å². The van der Waals surface area contributed by atoms with Gasteiger partial charge < -0.3 is 15.0 Å². The summed E-state index contributed by atoms with van der Waals surface area (Å²) in [6.45, 7) is 2.28.